The second-order valence-electron chi connectivity index (χ2n) is 12.5. The van der Waals surface area contributed by atoms with Crippen LogP contribution >= 0.6 is 0 Å². The summed E-state index contributed by atoms with van der Waals surface area (Å²) in [4.78, 5) is 39.5. The molecule has 2 aliphatic heterocycles. The van der Waals surface area contributed by atoms with Crippen molar-refractivity contribution in [3.8, 4) is 34.5 Å². The number of hydrogen-bond donors (Lipinski definition) is 1. The molecule has 1 saturated heterocycles. The second kappa shape index (κ2) is 14.1. The molecule has 0 bridgehead atoms. The zero-order valence-electron chi connectivity index (χ0n) is 28.6. The smallest absolute Gasteiger partial charge is 0.310 e. The molecule has 4 aromatic carbocycles. The topological polar surface area (TPSA) is 137 Å². The largest absolute Gasteiger partial charge is 0.493 e. The zero-order chi connectivity index (χ0) is 35.6. The van der Waals surface area contributed by atoms with Gasteiger partial charge in [-0.2, -0.15) is 0 Å². The van der Waals surface area contributed by atoms with Crippen LogP contribution in [0.3, 0.4) is 0 Å². The van der Waals surface area contributed by atoms with Gasteiger partial charge in [-0.3, -0.25) is 14.4 Å². The summed E-state index contributed by atoms with van der Waals surface area (Å²) in [5, 5.41) is 2.80. The molecule has 4 atom stereocenters. The fraction of sp³-hybridized carbons (Fsp3) is 0.308. The first-order valence-electron chi connectivity index (χ1n) is 16.4. The van der Waals surface area contributed by atoms with Crippen molar-refractivity contribution in [1.29, 1.82) is 0 Å². The van der Waals surface area contributed by atoms with Crippen molar-refractivity contribution in [2.75, 3.05) is 46.7 Å². The first-order chi connectivity index (χ1) is 24.8. The first kappa shape index (κ1) is 33.6. The number of rotatable bonds is 11. The van der Waals surface area contributed by atoms with Crippen molar-refractivity contribution in [3.05, 3.63) is 101 Å². The van der Waals surface area contributed by atoms with Crippen molar-refractivity contribution in [1.82, 2.24) is 0 Å². The number of hydrogen-bond acceptors (Lipinski definition) is 11. The van der Waals surface area contributed by atoms with Gasteiger partial charge in [0.2, 0.25) is 12.5 Å². The third-order valence-electron chi connectivity index (χ3n) is 9.40. The highest BCUT2D eigenvalue weighted by Crippen LogP contribution is 2.56. The van der Waals surface area contributed by atoms with Gasteiger partial charge in [0.25, 0.3) is 5.91 Å². The van der Waals surface area contributed by atoms with E-state index in [0.717, 1.165) is 16.7 Å². The van der Waals surface area contributed by atoms with E-state index in [4.69, 9.17) is 37.9 Å². The highest BCUT2D eigenvalue weighted by Gasteiger charge is 2.54. The number of carbonyl (C=O) groups is 3. The fourth-order valence-corrected chi connectivity index (χ4v) is 6.98. The number of aryl methyl sites for hydroxylation is 1. The lowest BCUT2D eigenvalue weighted by molar-refractivity contribution is -0.153. The Hall–Kier alpha value is -5.91. The Morgan fingerprint density at radius 3 is 2.14 bits per heavy atom. The number of carbonyl (C=O) groups excluding carboxylic acids is 3. The predicted molar refractivity (Wildman–Crippen MR) is 183 cm³/mol. The number of benzene rings is 4. The maximum Gasteiger partial charge on any atom is 0.310 e. The van der Waals surface area contributed by atoms with Crippen LogP contribution in [0.15, 0.2) is 72.8 Å². The van der Waals surface area contributed by atoms with Gasteiger partial charge in [-0.05, 0) is 72.1 Å². The van der Waals surface area contributed by atoms with Gasteiger partial charge < -0.3 is 43.2 Å². The number of ether oxygens (including phenoxy) is 8. The Balaban J connectivity index is 1.11. The predicted octanol–water partition coefficient (Wildman–Crippen LogP) is 5.53. The Kier molecular flexibility index (Phi) is 9.31. The summed E-state index contributed by atoms with van der Waals surface area (Å²) >= 11 is 0. The molecule has 2 heterocycles. The molecule has 1 amide bonds. The van der Waals surface area contributed by atoms with Crippen LogP contribution in [-0.2, 0) is 30.3 Å². The number of fused-ring (bicyclic) bond motifs is 3. The third-order valence-corrected chi connectivity index (χ3v) is 9.40. The normalized spacial score (nSPS) is 19.6. The summed E-state index contributed by atoms with van der Waals surface area (Å²) < 4.78 is 45.7. The van der Waals surface area contributed by atoms with E-state index < -0.39 is 35.8 Å². The van der Waals surface area contributed by atoms with Crippen LogP contribution < -0.4 is 33.7 Å². The molecule has 0 spiro atoms. The maximum absolute atomic E-state index is 13.5. The van der Waals surface area contributed by atoms with E-state index in [0.29, 0.717) is 51.3 Å². The molecule has 1 aliphatic carbocycles. The van der Waals surface area contributed by atoms with E-state index in [1.807, 2.05) is 55.5 Å². The number of anilines is 1. The Labute approximate surface area is 294 Å². The van der Waals surface area contributed by atoms with Crippen LogP contribution in [0.25, 0.3) is 0 Å². The van der Waals surface area contributed by atoms with Gasteiger partial charge in [-0.1, -0.05) is 29.8 Å². The number of amides is 1. The summed E-state index contributed by atoms with van der Waals surface area (Å²) in [5.41, 5.74) is 4.50. The number of esters is 2. The van der Waals surface area contributed by atoms with Crippen LogP contribution in [-0.4, -0.2) is 59.2 Å². The van der Waals surface area contributed by atoms with Gasteiger partial charge in [-0.25, -0.2) is 0 Å². The van der Waals surface area contributed by atoms with Crippen LogP contribution in [0.2, 0.25) is 0 Å². The molecule has 7 rings (SSSR count). The molecular weight excluding hydrogens is 658 g/mol. The molecular formula is C39H37NO11. The standard InChI is InChI=1S/C39H37NO11/c1-21-5-11-25(12-6-21)47-19-33(41)40-24-9-7-22(8-10-24)13-34(42)51-37-27-17-30-29(49-20-50-30)16-26(27)35(36-28(37)18-48-39(36)43)23-14-31(44-2)38(46-4)32(15-23)45-3/h5-12,14-17,28,35-37H,13,18-20H2,1-4H3,(H,40,41)/t28-,35+,36-,37-/m0/s1. The minimum Gasteiger partial charge on any atom is -0.493 e. The Morgan fingerprint density at radius 1 is 0.824 bits per heavy atom. The minimum absolute atomic E-state index is 0.0381. The number of cyclic esters (lactones) is 1. The van der Waals surface area contributed by atoms with Gasteiger partial charge in [0.05, 0.1) is 40.3 Å². The van der Waals surface area contributed by atoms with Crippen molar-refractivity contribution in [2.24, 2.45) is 11.8 Å². The number of methoxy groups -OCH3 is 3. The van der Waals surface area contributed by atoms with E-state index in [1.54, 1.807) is 24.3 Å². The second-order valence-corrected chi connectivity index (χ2v) is 12.5. The van der Waals surface area contributed by atoms with E-state index in [9.17, 15) is 14.4 Å². The number of nitrogens with one attached hydrogen (secondary N) is 1. The lowest BCUT2D eigenvalue weighted by Gasteiger charge is -2.38. The van der Waals surface area contributed by atoms with Crippen LogP contribution in [0, 0.1) is 18.8 Å². The lowest BCUT2D eigenvalue weighted by Crippen LogP contribution is -2.36. The summed E-state index contributed by atoms with van der Waals surface area (Å²) in [5.74, 6) is 0.0566. The van der Waals surface area contributed by atoms with Crippen molar-refractivity contribution >= 4 is 23.5 Å². The van der Waals surface area contributed by atoms with Gasteiger partial charge >= 0.3 is 11.9 Å². The molecule has 1 fully saturated rings. The van der Waals surface area contributed by atoms with Crippen LogP contribution in [0.1, 0.15) is 39.8 Å². The zero-order valence-corrected chi connectivity index (χ0v) is 28.6. The molecule has 0 radical (unpaired) electrons. The van der Waals surface area contributed by atoms with E-state index in [2.05, 4.69) is 5.32 Å². The lowest BCUT2D eigenvalue weighted by atomic mass is 9.66. The Morgan fingerprint density at radius 2 is 1.49 bits per heavy atom. The third kappa shape index (κ3) is 6.69. The summed E-state index contributed by atoms with van der Waals surface area (Å²) in [6, 6.07) is 21.6. The molecule has 12 nitrogen and oxygen atoms in total. The van der Waals surface area contributed by atoms with Crippen molar-refractivity contribution in [2.45, 2.75) is 25.4 Å². The Bertz CT molecular complexity index is 1930. The average Bonchev–Trinajstić information content (AvgIpc) is 3.76. The molecule has 12 heteroatoms. The SMILES string of the molecule is COc1cc([C@@H]2c3cc4c(cc3[C@H](OC(=O)Cc3ccc(NC(=O)COc5ccc(C)cc5)cc3)[C@H]3COC(=O)[C@H]23)OCO4)cc(OC)c1OC. The molecule has 0 saturated carbocycles. The van der Waals surface area contributed by atoms with Gasteiger partial charge in [0.1, 0.15) is 11.9 Å². The van der Waals surface area contributed by atoms with Crippen LogP contribution in [0.4, 0.5) is 5.69 Å². The average molecular weight is 696 g/mol. The van der Waals surface area contributed by atoms with E-state index >= 15 is 0 Å². The highest BCUT2D eigenvalue weighted by molar-refractivity contribution is 5.92. The molecule has 4 aromatic rings. The van der Waals surface area contributed by atoms with Gasteiger partial charge in [0.15, 0.2) is 29.6 Å². The molecule has 1 N–H and O–H groups in total. The maximum atomic E-state index is 13.5. The molecule has 0 unspecified atom stereocenters. The summed E-state index contributed by atoms with van der Waals surface area (Å²) in [6.07, 6.45) is -0.840. The first-order valence-corrected chi connectivity index (χ1v) is 16.4. The van der Waals surface area contributed by atoms with E-state index in [1.165, 1.54) is 21.3 Å². The quantitative estimate of drug-likeness (QED) is 0.198. The fourth-order valence-electron chi connectivity index (χ4n) is 6.98. The summed E-state index contributed by atoms with van der Waals surface area (Å²) in [7, 11) is 4.58. The summed E-state index contributed by atoms with van der Waals surface area (Å²) in [6.45, 7) is 1.94. The van der Waals surface area contributed by atoms with E-state index in [-0.39, 0.29) is 32.3 Å². The molecule has 0 aromatic heterocycles. The molecule has 264 valence electrons. The van der Waals surface area contributed by atoms with Crippen molar-refractivity contribution < 1.29 is 52.3 Å². The minimum atomic E-state index is -0.802. The van der Waals surface area contributed by atoms with Gasteiger partial charge in [-0.15, -0.1) is 0 Å². The molecule has 51 heavy (non-hydrogen) atoms. The van der Waals surface area contributed by atoms with Crippen LogP contribution in [0.5, 0.6) is 34.5 Å². The molecule has 3 aliphatic rings. The monoisotopic (exact) mass is 695 g/mol. The van der Waals surface area contributed by atoms with Crippen molar-refractivity contribution in [3.63, 3.8) is 0 Å². The van der Waals surface area contributed by atoms with Gasteiger partial charge in [0, 0.05) is 23.1 Å². The highest BCUT2D eigenvalue weighted by atomic mass is 16.7.